The summed E-state index contributed by atoms with van der Waals surface area (Å²) < 4.78 is 5.09. The van der Waals surface area contributed by atoms with Crippen LogP contribution in [0.4, 0.5) is 5.82 Å². The van der Waals surface area contributed by atoms with Crippen LogP contribution in [0, 0.1) is 13.8 Å². The molecular formula is C12H12N2O2. The van der Waals surface area contributed by atoms with Crippen LogP contribution in [0.5, 0.6) is 0 Å². The van der Waals surface area contributed by atoms with Crippen LogP contribution < -0.4 is 5.32 Å². The Morgan fingerprint density at radius 2 is 2.12 bits per heavy atom. The lowest BCUT2D eigenvalue weighted by atomic mass is 10.2. The molecule has 0 spiro atoms. The van der Waals surface area contributed by atoms with Crippen LogP contribution in [-0.2, 0) is 0 Å². The van der Waals surface area contributed by atoms with Gasteiger partial charge in [-0.05, 0) is 32.0 Å². The Bertz CT molecular complexity index is 517. The van der Waals surface area contributed by atoms with E-state index in [1.165, 1.54) is 6.26 Å². The van der Waals surface area contributed by atoms with Gasteiger partial charge in [-0.1, -0.05) is 6.07 Å². The summed E-state index contributed by atoms with van der Waals surface area (Å²) in [6, 6.07) is 7.20. The highest BCUT2D eigenvalue weighted by atomic mass is 16.3. The van der Waals surface area contributed by atoms with Gasteiger partial charge in [-0.25, -0.2) is 4.98 Å². The first kappa shape index (κ1) is 10.4. The van der Waals surface area contributed by atoms with Crippen LogP contribution in [0.15, 0.2) is 34.9 Å². The molecule has 0 aliphatic rings. The first-order chi connectivity index (χ1) is 7.66. The number of hydrogen-bond acceptors (Lipinski definition) is 3. The summed E-state index contributed by atoms with van der Waals surface area (Å²) in [5, 5.41) is 2.68. The van der Waals surface area contributed by atoms with Crippen LogP contribution >= 0.6 is 0 Å². The Labute approximate surface area is 93.3 Å². The molecule has 0 unspecified atom stereocenters. The Morgan fingerprint density at radius 3 is 2.75 bits per heavy atom. The molecule has 0 atom stereocenters. The van der Waals surface area contributed by atoms with Crippen molar-refractivity contribution in [3.63, 3.8) is 0 Å². The van der Waals surface area contributed by atoms with Gasteiger partial charge in [-0.2, -0.15) is 0 Å². The van der Waals surface area contributed by atoms with Crippen molar-refractivity contribution in [1.82, 2.24) is 4.98 Å². The molecule has 0 saturated carbocycles. The molecule has 2 heterocycles. The quantitative estimate of drug-likeness (QED) is 0.839. The molecule has 16 heavy (non-hydrogen) atoms. The number of aromatic nitrogens is 1. The van der Waals surface area contributed by atoms with Crippen molar-refractivity contribution in [2.75, 3.05) is 5.32 Å². The van der Waals surface area contributed by atoms with E-state index in [0.29, 0.717) is 11.6 Å². The lowest BCUT2D eigenvalue weighted by Crippen LogP contribution is -2.13. The van der Waals surface area contributed by atoms with Gasteiger partial charge in [0.1, 0.15) is 5.82 Å². The summed E-state index contributed by atoms with van der Waals surface area (Å²) in [5.41, 5.74) is 1.67. The normalized spacial score (nSPS) is 10.1. The van der Waals surface area contributed by atoms with Crippen LogP contribution in [0.2, 0.25) is 0 Å². The van der Waals surface area contributed by atoms with Gasteiger partial charge in [0, 0.05) is 11.3 Å². The zero-order valence-corrected chi connectivity index (χ0v) is 9.15. The molecule has 0 aromatic carbocycles. The summed E-state index contributed by atoms with van der Waals surface area (Å²) >= 11 is 0. The minimum Gasteiger partial charge on any atom is -0.459 e. The summed E-state index contributed by atoms with van der Waals surface area (Å²) in [5.74, 6) is 0.574. The zero-order valence-electron chi connectivity index (χ0n) is 9.15. The van der Waals surface area contributed by atoms with Gasteiger partial charge < -0.3 is 9.73 Å². The Balaban J connectivity index is 2.17. The molecule has 4 nitrogen and oxygen atoms in total. The summed E-state index contributed by atoms with van der Waals surface area (Å²) in [6.45, 7) is 3.69. The summed E-state index contributed by atoms with van der Waals surface area (Å²) in [4.78, 5) is 15.9. The highest BCUT2D eigenvalue weighted by molar-refractivity contribution is 6.02. The van der Waals surface area contributed by atoms with E-state index in [4.69, 9.17) is 4.42 Å². The van der Waals surface area contributed by atoms with Gasteiger partial charge in [0.2, 0.25) is 0 Å². The molecule has 0 radical (unpaired) electrons. The maximum Gasteiger partial charge on any atom is 0.292 e. The molecule has 0 fully saturated rings. The molecular weight excluding hydrogens is 204 g/mol. The number of carbonyl (C=O) groups excluding carboxylic acids is 1. The number of amides is 1. The second-order valence-electron chi connectivity index (χ2n) is 3.55. The van der Waals surface area contributed by atoms with Gasteiger partial charge in [0.05, 0.1) is 6.26 Å². The fraction of sp³-hybridized carbons (Fsp3) is 0.167. The molecule has 4 heteroatoms. The number of carbonyl (C=O) groups is 1. The van der Waals surface area contributed by atoms with E-state index < -0.39 is 0 Å². The molecule has 2 rings (SSSR count). The predicted molar refractivity (Wildman–Crippen MR) is 60.4 cm³/mol. The van der Waals surface area contributed by atoms with Gasteiger partial charge in [-0.3, -0.25) is 4.79 Å². The average molecular weight is 216 g/mol. The molecule has 82 valence electrons. The second-order valence-corrected chi connectivity index (χ2v) is 3.55. The predicted octanol–water partition coefficient (Wildman–Crippen LogP) is 2.54. The van der Waals surface area contributed by atoms with E-state index in [2.05, 4.69) is 10.3 Å². The maximum atomic E-state index is 11.8. The van der Waals surface area contributed by atoms with E-state index >= 15 is 0 Å². The average Bonchev–Trinajstić information content (AvgIpc) is 2.64. The number of aryl methyl sites for hydroxylation is 2. The number of furan rings is 1. The maximum absolute atomic E-state index is 11.8. The number of anilines is 1. The third-order valence-electron chi connectivity index (χ3n) is 2.20. The number of hydrogen-bond donors (Lipinski definition) is 1. The van der Waals surface area contributed by atoms with Crippen LogP contribution in [-0.4, -0.2) is 10.9 Å². The van der Waals surface area contributed by atoms with E-state index in [0.717, 1.165) is 11.3 Å². The summed E-state index contributed by atoms with van der Waals surface area (Å²) in [6.07, 6.45) is 1.49. The molecule has 0 bridgehead atoms. The number of rotatable bonds is 2. The largest absolute Gasteiger partial charge is 0.459 e. The van der Waals surface area contributed by atoms with Gasteiger partial charge in [-0.15, -0.1) is 0 Å². The first-order valence-corrected chi connectivity index (χ1v) is 4.96. The molecule has 0 aliphatic heterocycles. The molecule has 0 saturated heterocycles. The van der Waals surface area contributed by atoms with Gasteiger partial charge in [0.15, 0.2) is 5.76 Å². The third kappa shape index (κ3) is 2.11. The molecule has 1 N–H and O–H groups in total. The smallest absolute Gasteiger partial charge is 0.292 e. The fourth-order valence-electron chi connectivity index (χ4n) is 1.39. The van der Waals surface area contributed by atoms with E-state index in [9.17, 15) is 4.79 Å². The molecule has 2 aromatic rings. The first-order valence-electron chi connectivity index (χ1n) is 4.96. The van der Waals surface area contributed by atoms with Crippen molar-refractivity contribution in [3.8, 4) is 0 Å². The Morgan fingerprint density at radius 1 is 1.31 bits per heavy atom. The SMILES string of the molecule is Cc1cccc(NC(=O)c2occc2C)n1. The van der Waals surface area contributed by atoms with Crippen molar-refractivity contribution in [1.29, 1.82) is 0 Å². The van der Waals surface area contributed by atoms with E-state index in [1.54, 1.807) is 12.1 Å². The van der Waals surface area contributed by atoms with Gasteiger partial charge in [0.25, 0.3) is 5.91 Å². The minimum atomic E-state index is -0.277. The highest BCUT2D eigenvalue weighted by Gasteiger charge is 2.12. The van der Waals surface area contributed by atoms with Crippen molar-refractivity contribution >= 4 is 11.7 Å². The van der Waals surface area contributed by atoms with Crippen molar-refractivity contribution < 1.29 is 9.21 Å². The van der Waals surface area contributed by atoms with Gasteiger partial charge >= 0.3 is 0 Å². The molecule has 2 aromatic heterocycles. The highest BCUT2D eigenvalue weighted by Crippen LogP contribution is 2.11. The summed E-state index contributed by atoms with van der Waals surface area (Å²) in [7, 11) is 0. The van der Waals surface area contributed by atoms with E-state index in [-0.39, 0.29) is 5.91 Å². The van der Waals surface area contributed by atoms with Crippen molar-refractivity contribution in [2.45, 2.75) is 13.8 Å². The Kier molecular flexibility index (Phi) is 2.72. The molecule has 1 amide bonds. The van der Waals surface area contributed by atoms with Crippen LogP contribution in [0.1, 0.15) is 21.8 Å². The minimum absolute atomic E-state index is 0.277. The number of pyridine rings is 1. The van der Waals surface area contributed by atoms with Crippen LogP contribution in [0.3, 0.4) is 0 Å². The second kappa shape index (κ2) is 4.18. The van der Waals surface area contributed by atoms with Crippen molar-refractivity contribution in [3.05, 3.63) is 47.5 Å². The van der Waals surface area contributed by atoms with Crippen LogP contribution in [0.25, 0.3) is 0 Å². The lowest BCUT2D eigenvalue weighted by Gasteiger charge is -2.03. The topological polar surface area (TPSA) is 55.1 Å². The zero-order chi connectivity index (χ0) is 11.5. The lowest BCUT2D eigenvalue weighted by molar-refractivity contribution is 0.0995. The molecule has 0 aliphatic carbocycles. The number of nitrogens with one attached hydrogen (secondary N) is 1. The van der Waals surface area contributed by atoms with E-state index in [1.807, 2.05) is 26.0 Å². The fourth-order valence-corrected chi connectivity index (χ4v) is 1.39. The Hall–Kier alpha value is -2.10. The monoisotopic (exact) mass is 216 g/mol. The standard InChI is InChI=1S/C12H12N2O2/c1-8-6-7-16-11(8)12(15)14-10-5-3-4-9(2)13-10/h3-7H,1-2H3,(H,13,14,15). The third-order valence-corrected chi connectivity index (χ3v) is 2.20. The number of nitrogens with zero attached hydrogens (tertiary/aromatic N) is 1. The van der Waals surface area contributed by atoms with Crippen molar-refractivity contribution in [2.24, 2.45) is 0 Å².